The largest absolute Gasteiger partial charge is 0.417 e. The zero-order valence-corrected chi connectivity index (χ0v) is 17.3. The zero-order valence-electron chi connectivity index (χ0n) is 15.7. The fourth-order valence-corrected chi connectivity index (χ4v) is 3.93. The average molecular weight is 473 g/mol. The summed E-state index contributed by atoms with van der Waals surface area (Å²) in [5.41, 5.74) is -0.00153. The number of alkyl halides is 3. The maximum atomic E-state index is 12.9. The van der Waals surface area contributed by atoms with Gasteiger partial charge in [0.05, 0.1) is 21.8 Å². The molecule has 0 unspecified atom stereocenters. The number of imidazole rings is 1. The van der Waals surface area contributed by atoms with Crippen LogP contribution in [0.4, 0.5) is 18.9 Å². The van der Waals surface area contributed by atoms with Crippen molar-refractivity contribution in [3.8, 4) is 5.69 Å². The summed E-state index contributed by atoms with van der Waals surface area (Å²) in [5.74, 6) is -0.474. The van der Waals surface area contributed by atoms with Gasteiger partial charge in [0.25, 0.3) is 0 Å². The van der Waals surface area contributed by atoms with Gasteiger partial charge in [-0.25, -0.2) is 18.1 Å². The molecule has 2 aromatic carbocycles. The monoisotopic (exact) mass is 472 g/mol. The second-order valence-electron chi connectivity index (χ2n) is 6.36. The molecular formula is C19H16ClF3N4O3S. The summed E-state index contributed by atoms with van der Waals surface area (Å²) in [6.45, 7) is -0.306. The number of aromatic nitrogens is 2. The molecule has 12 heteroatoms. The minimum Gasteiger partial charge on any atom is -0.326 e. The van der Waals surface area contributed by atoms with Crippen LogP contribution >= 0.6 is 11.6 Å². The van der Waals surface area contributed by atoms with Crippen molar-refractivity contribution >= 4 is 33.2 Å². The lowest BCUT2D eigenvalue weighted by Gasteiger charge is -2.12. The van der Waals surface area contributed by atoms with Crippen LogP contribution in [0.15, 0.2) is 66.1 Å². The molecule has 31 heavy (non-hydrogen) atoms. The molecule has 1 aromatic heterocycles. The van der Waals surface area contributed by atoms with Crippen molar-refractivity contribution in [2.24, 2.45) is 0 Å². The number of nitrogens with zero attached hydrogens (tertiary/aromatic N) is 2. The molecule has 1 heterocycles. The fraction of sp³-hybridized carbons (Fsp3) is 0.158. The molecule has 2 N–H and O–H groups in total. The summed E-state index contributed by atoms with van der Waals surface area (Å²) in [6.07, 6.45) is -0.0922. The highest BCUT2D eigenvalue weighted by molar-refractivity contribution is 7.89. The Balaban J connectivity index is 1.60. The molecule has 0 aliphatic rings. The van der Waals surface area contributed by atoms with E-state index in [1.807, 2.05) is 6.07 Å². The van der Waals surface area contributed by atoms with E-state index < -0.39 is 37.6 Å². The van der Waals surface area contributed by atoms with E-state index in [4.69, 9.17) is 11.6 Å². The molecule has 0 radical (unpaired) electrons. The summed E-state index contributed by atoms with van der Waals surface area (Å²) >= 11 is 5.50. The van der Waals surface area contributed by atoms with E-state index in [0.717, 1.165) is 17.8 Å². The van der Waals surface area contributed by atoms with Crippen LogP contribution in [0.2, 0.25) is 5.02 Å². The topological polar surface area (TPSA) is 93.1 Å². The standard InChI is InChI=1S/C19H16ClF3N4O3S/c20-17-5-4-15(11-16(17)19(21,22)23)31(29,30)25-7-6-18(28)26-13-2-1-3-14(10-13)27-9-8-24-12-27/h1-5,8-12,25H,6-7H2,(H,26,28). The SMILES string of the molecule is O=C(CCNS(=O)(=O)c1ccc(Cl)c(C(F)(F)F)c1)Nc1cccc(-n2ccnc2)c1. The van der Waals surface area contributed by atoms with E-state index in [1.54, 1.807) is 41.5 Å². The summed E-state index contributed by atoms with van der Waals surface area (Å²) < 4.78 is 67.2. The first-order chi connectivity index (χ1) is 14.6. The number of hydrogen-bond acceptors (Lipinski definition) is 4. The molecule has 0 saturated heterocycles. The fourth-order valence-electron chi connectivity index (χ4n) is 2.65. The highest BCUT2D eigenvalue weighted by Gasteiger charge is 2.34. The molecule has 7 nitrogen and oxygen atoms in total. The molecule has 1 amide bonds. The van der Waals surface area contributed by atoms with Crippen LogP contribution in [-0.4, -0.2) is 30.4 Å². The van der Waals surface area contributed by atoms with Gasteiger partial charge in [0.15, 0.2) is 0 Å². The summed E-state index contributed by atoms with van der Waals surface area (Å²) in [4.78, 5) is 15.5. The lowest BCUT2D eigenvalue weighted by Crippen LogP contribution is -2.28. The smallest absolute Gasteiger partial charge is 0.326 e. The van der Waals surface area contributed by atoms with Gasteiger partial charge in [-0.15, -0.1) is 0 Å². The normalized spacial score (nSPS) is 12.0. The van der Waals surface area contributed by atoms with E-state index in [0.29, 0.717) is 11.8 Å². The van der Waals surface area contributed by atoms with Gasteiger partial charge >= 0.3 is 6.18 Å². The van der Waals surface area contributed by atoms with Crippen molar-refractivity contribution in [1.82, 2.24) is 14.3 Å². The Bertz CT molecular complexity index is 1180. The van der Waals surface area contributed by atoms with E-state index in [2.05, 4.69) is 15.0 Å². The lowest BCUT2D eigenvalue weighted by molar-refractivity contribution is -0.137. The number of halogens is 4. The van der Waals surface area contributed by atoms with Gasteiger partial charge in [-0.3, -0.25) is 4.79 Å². The van der Waals surface area contributed by atoms with E-state index in [9.17, 15) is 26.4 Å². The van der Waals surface area contributed by atoms with Crippen LogP contribution in [0.5, 0.6) is 0 Å². The number of rotatable bonds is 7. The molecule has 0 spiro atoms. The number of nitrogens with one attached hydrogen (secondary N) is 2. The third kappa shape index (κ3) is 5.84. The van der Waals surface area contributed by atoms with Crippen LogP contribution in [0.1, 0.15) is 12.0 Å². The minimum absolute atomic E-state index is 0.228. The Morgan fingerprint density at radius 3 is 2.61 bits per heavy atom. The van der Waals surface area contributed by atoms with Gasteiger partial charge < -0.3 is 9.88 Å². The predicted molar refractivity (Wildman–Crippen MR) is 108 cm³/mol. The third-order valence-corrected chi connectivity index (χ3v) is 5.92. The second-order valence-corrected chi connectivity index (χ2v) is 8.53. The van der Waals surface area contributed by atoms with E-state index in [-0.39, 0.29) is 13.0 Å². The molecule has 0 saturated carbocycles. The second kappa shape index (κ2) is 9.08. The van der Waals surface area contributed by atoms with Gasteiger partial charge in [0.2, 0.25) is 15.9 Å². The van der Waals surface area contributed by atoms with Crippen LogP contribution < -0.4 is 10.0 Å². The summed E-state index contributed by atoms with van der Waals surface area (Å²) in [5, 5.41) is 2.03. The Labute approximate surface area is 180 Å². The van der Waals surface area contributed by atoms with E-state index in [1.165, 1.54) is 0 Å². The Kier molecular flexibility index (Phi) is 6.68. The maximum Gasteiger partial charge on any atom is 0.417 e. The van der Waals surface area contributed by atoms with E-state index >= 15 is 0 Å². The van der Waals surface area contributed by atoms with Crippen LogP contribution in [0.3, 0.4) is 0 Å². The number of carbonyl (C=O) groups excluding carboxylic acids is 1. The van der Waals surface area contributed by atoms with Gasteiger partial charge in [0, 0.05) is 36.7 Å². The molecule has 0 fully saturated rings. The van der Waals surface area contributed by atoms with Gasteiger partial charge in [-0.2, -0.15) is 13.2 Å². The third-order valence-electron chi connectivity index (χ3n) is 4.13. The summed E-state index contributed by atoms with van der Waals surface area (Å²) in [7, 11) is -4.26. The molecule has 164 valence electrons. The molecule has 3 aromatic rings. The maximum absolute atomic E-state index is 12.9. The number of amides is 1. The van der Waals surface area contributed by atoms with Crippen molar-refractivity contribution in [3.05, 3.63) is 71.8 Å². The minimum atomic E-state index is -4.80. The molecule has 0 aliphatic heterocycles. The quantitative estimate of drug-likeness (QED) is 0.546. The van der Waals surface area contributed by atoms with Crippen molar-refractivity contribution in [2.45, 2.75) is 17.5 Å². The van der Waals surface area contributed by atoms with Crippen molar-refractivity contribution in [3.63, 3.8) is 0 Å². The predicted octanol–water partition coefficient (Wildman–Crippen LogP) is 3.85. The Morgan fingerprint density at radius 2 is 1.94 bits per heavy atom. The van der Waals surface area contributed by atoms with Crippen molar-refractivity contribution in [2.75, 3.05) is 11.9 Å². The molecule has 3 rings (SSSR count). The number of anilines is 1. The molecule has 0 bridgehead atoms. The molecule has 0 aliphatic carbocycles. The van der Waals surface area contributed by atoms with Crippen LogP contribution in [0, 0.1) is 0 Å². The summed E-state index contributed by atoms with van der Waals surface area (Å²) in [6, 6.07) is 9.18. The van der Waals surface area contributed by atoms with Gasteiger partial charge in [-0.1, -0.05) is 17.7 Å². The van der Waals surface area contributed by atoms with Crippen LogP contribution in [-0.2, 0) is 21.0 Å². The van der Waals surface area contributed by atoms with Crippen molar-refractivity contribution in [1.29, 1.82) is 0 Å². The first-order valence-electron chi connectivity index (χ1n) is 8.81. The van der Waals surface area contributed by atoms with Gasteiger partial charge in [0.1, 0.15) is 0 Å². The molecule has 0 atom stereocenters. The molecular weight excluding hydrogens is 457 g/mol. The first kappa shape index (κ1) is 22.8. The number of sulfonamides is 1. The van der Waals surface area contributed by atoms with Crippen LogP contribution in [0.25, 0.3) is 5.69 Å². The van der Waals surface area contributed by atoms with Crippen molar-refractivity contribution < 1.29 is 26.4 Å². The highest BCUT2D eigenvalue weighted by Crippen LogP contribution is 2.35. The number of carbonyl (C=O) groups is 1. The first-order valence-corrected chi connectivity index (χ1v) is 10.7. The Morgan fingerprint density at radius 1 is 1.16 bits per heavy atom. The number of hydrogen-bond donors (Lipinski definition) is 2. The highest BCUT2D eigenvalue weighted by atomic mass is 35.5. The number of benzene rings is 2. The Hall–Kier alpha value is -2.89. The zero-order chi connectivity index (χ0) is 22.6. The average Bonchev–Trinajstić information content (AvgIpc) is 3.22. The lowest BCUT2D eigenvalue weighted by atomic mass is 10.2. The van der Waals surface area contributed by atoms with Gasteiger partial charge in [-0.05, 0) is 36.4 Å².